The number of nitrogens with zero attached hydrogens (tertiary/aromatic N) is 2. The molecule has 0 fully saturated rings. The zero-order valence-electron chi connectivity index (χ0n) is 17.3. The molecule has 11 heteroatoms. The number of alkyl halides is 6. The summed E-state index contributed by atoms with van der Waals surface area (Å²) in [5.41, 5.74) is -5.34. The molecule has 0 aliphatic rings. The largest absolute Gasteiger partial charge is 0.416 e. The maximum absolute atomic E-state index is 13.1. The number of halogens is 6. The summed E-state index contributed by atoms with van der Waals surface area (Å²) in [6.45, 7) is 2.54. The lowest BCUT2D eigenvalue weighted by molar-refractivity contribution is -0.143. The fraction of sp³-hybridized carbons (Fsp3) is 0.227. The van der Waals surface area contributed by atoms with Crippen LogP contribution in [0.4, 0.5) is 32.0 Å². The summed E-state index contributed by atoms with van der Waals surface area (Å²) >= 11 is 0. The van der Waals surface area contributed by atoms with Crippen molar-refractivity contribution in [2.45, 2.75) is 31.7 Å². The molecule has 0 radical (unpaired) electrons. The third-order valence-corrected chi connectivity index (χ3v) is 4.80. The second-order valence-electron chi connectivity index (χ2n) is 7.64. The van der Waals surface area contributed by atoms with Gasteiger partial charge < -0.3 is 5.32 Å². The normalized spacial score (nSPS) is 12.5. The van der Waals surface area contributed by atoms with Crippen molar-refractivity contribution in [2.24, 2.45) is 0 Å². The first kappa shape index (κ1) is 24.0. The van der Waals surface area contributed by atoms with E-state index in [4.69, 9.17) is 0 Å². The molecule has 0 aliphatic heterocycles. The topological polar surface area (TPSA) is 64.0 Å². The van der Waals surface area contributed by atoms with Gasteiger partial charge in [-0.3, -0.25) is 9.59 Å². The zero-order chi connectivity index (χ0) is 24.6. The average Bonchev–Trinajstić information content (AvgIpc) is 2.73. The van der Waals surface area contributed by atoms with E-state index in [1.165, 1.54) is 19.9 Å². The van der Waals surface area contributed by atoms with Crippen LogP contribution in [0.2, 0.25) is 0 Å². The lowest BCUT2D eigenvalue weighted by atomic mass is 10.0. The third-order valence-electron chi connectivity index (χ3n) is 4.80. The Labute approximate surface area is 183 Å². The van der Waals surface area contributed by atoms with Gasteiger partial charge in [0.05, 0.1) is 16.8 Å². The Morgan fingerprint density at radius 2 is 1.39 bits per heavy atom. The molecular weight excluding hydrogens is 452 g/mol. The molecule has 1 heterocycles. The van der Waals surface area contributed by atoms with Gasteiger partial charge in [0.25, 0.3) is 11.5 Å². The fourth-order valence-corrected chi connectivity index (χ4v) is 2.98. The van der Waals surface area contributed by atoms with Crippen LogP contribution in [-0.4, -0.2) is 15.7 Å². The maximum Gasteiger partial charge on any atom is 0.416 e. The van der Waals surface area contributed by atoms with Gasteiger partial charge in [-0.15, -0.1) is 0 Å². The van der Waals surface area contributed by atoms with Gasteiger partial charge in [0.1, 0.15) is 5.54 Å². The lowest BCUT2D eigenvalue weighted by Gasteiger charge is -2.26. The summed E-state index contributed by atoms with van der Waals surface area (Å²) in [7, 11) is 0. The van der Waals surface area contributed by atoms with Crippen LogP contribution < -0.4 is 10.9 Å². The molecule has 0 spiro atoms. The molecule has 0 saturated carbocycles. The first-order chi connectivity index (χ1) is 15.2. The van der Waals surface area contributed by atoms with Gasteiger partial charge >= 0.3 is 12.4 Å². The molecule has 174 valence electrons. The van der Waals surface area contributed by atoms with Crippen molar-refractivity contribution in [1.29, 1.82) is 0 Å². The average molecular weight is 469 g/mol. The Balaban J connectivity index is 2.00. The van der Waals surface area contributed by atoms with Crippen LogP contribution in [-0.2, 0) is 22.7 Å². The summed E-state index contributed by atoms with van der Waals surface area (Å²) in [5.74, 6) is -1.03. The van der Waals surface area contributed by atoms with E-state index < -0.39 is 46.2 Å². The van der Waals surface area contributed by atoms with E-state index in [-0.39, 0.29) is 6.07 Å². The minimum Gasteiger partial charge on any atom is -0.324 e. The monoisotopic (exact) mass is 469 g/mol. The molecule has 3 aromatic rings. The Bertz CT molecular complexity index is 1200. The number of hydrogen-bond donors (Lipinski definition) is 1. The molecule has 1 N–H and O–H groups in total. The fourth-order valence-electron chi connectivity index (χ4n) is 2.98. The molecule has 0 aliphatic carbocycles. The molecule has 2 aromatic carbocycles. The standard InChI is InChI=1S/C22H17F6N3O2/c1-20(2,31-18(32)9-8-17(30-31)13-6-4-3-5-7-13)19(33)29-16-11-14(21(23,24)25)10-15(12-16)22(26,27)28/h3-12H,1-2H3,(H,29,33). The Kier molecular flexibility index (Phi) is 6.10. The van der Waals surface area contributed by atoms with Crippen molar-refractivity contribution in [2.75, 3.05) is 5.32 Å². The van der Waals surface area contributed by atoms with Crippen LogP contribution in [0, 0.1) is 0 Å². The first-order valence-electron chi connectivity index (χ1n) is 9.47. The minimum atomic E-state index is -5.07. The van der Waals surface area contributed by atoms with Gasteiger partial charge in [-0.2, -0.15) is 31.4 Å². The number of nitrogens with one attached hydrogen (secondary N) is 1. The smallest absolute Gasteiger partial charge is 0.324 e. The summed E-state index contributed by atoms with van der Waals surface area (Å²) in [4.78, 5) is 25.3. The van der Waals surface area contributed by atoms with Crippen molar-refractivity contribution in [3.8, 4) is 11.3 Å². The highest BCUT2D eigenvalue weighted by Crippen LogP contribution is 2.37. The number of benzene rings is 2. The van der Waals surface area contributed by atoms with E-state index in [1.807, 2.05) is 0 Å². The van der Waals surface area contributed by atoms with Crippen molar-refractivity contribution in [1.82, 2.24) is 9.78 Å². The van der Waals surface area contributed by atoms with E-state index in [1.54, 1.807) is 30.3 Å². The second-order valence-corrected chi connectivity index (χ2v) is 7.64. The molecular formula is C22H17F6N3O2. The number of hydrogen-bond acceptors (Lipinski definition) is 3. The van der Waals surface area contributed by atoms with Crippen LogP contribution in [0.25, 0.3) is 11.3 Å². The van der Waals surface area contributed by atoms with E-state index in [2.05, 4.69) is 10.4 Å². The molecule has 3 rings (SSSR count). The van der Waals surface area contributed by atoms with Crippen molar-refractivity contribution >= 4 is 11.6 Å². The molecule has 0 atom stereocenters. The molecule has 5 nitrogen and oxygen atoms in total. The first-order valence-corrected chi connectivity index (χ1v) is 9.47. The highest BCUT2D eigenvalue weighted by Gasteiger charge is 2.38. The Morgan fingerprint density at radius 1 is 0.848 bits per heavy atom. The third kappa shape index (κ3) is 5.24. The summed E-state index contributed by atoms with van der Waals surface area (Å²) in [5, 5.41) is 6.23. The van der Waals surface area contributed by atoms with Crippen molar-refractivity contribution < 1.29 is 31.1 Å². The van der Waals surface area contributed by atoms with E-state index >= 15 is 0 Å². The van der Waals surface area contributed by atoms with Crippen molar-refractivity contribution in [3.63, 3.8) is 0 Å². The predicted octanol–water partition coefficient (Wildman–Crippen LogP) is 5.32. The zero-order valence-corrected chi connectivity index (χ0v) is 17.3. The molecule has 0 unspecified atom stereocenters. The molecule has 1 amide bonds. The van der Waals surface area contributed by atoms with Crippen LogP contribution >= 0.6 is 0 Å². The van der Waals surface area contributed by atoms with Crippen LogP contribution in [0.3, 0.4) is 0 Å². The highest BCUT2D eigenvalue weighted by molar-refractivity contribution is 5.96. The lowest BCUT2D eigenvalue weighted by Crippen LogP contribution is -2.47. The van der Waals surface area contributed by atoms with Gasteiger partial charge in [0.15, 0.2) is 0 Å². The molecule has 1 aromatic heterocycles. The number of aromatic nitrogens is 2. The minimum absolute atomic E-state index is 0.0455. The van der Waals surface area contributed by atoms with Gasteiger partial charge in [0, 0.05) is 17.3 Å². The summed E-state index contributed by atoms with van der Waals surface area (Å²) < 4.78 is 79.4. The van der Waals surface area contributed by atoms with E-state index in [9.17, 15) is 35.9 Å². The maximum atomic E-state index is 13.1. The van der Waals surface area contributed by atoms with Gasteiger partial charge in [-0.25, -0.2) is 4.68 Å². The summed E-state index contributed by atoms with van der Waals surface area (Å²) in [6.07, 6.45) is -10.1. The number of anilines is 1. The van der Waals surface area contributed by atoms with E-state index in [0.717, 1.165) is 10.7 Å². The van der Waals surface area contributed by atoms with Gasteiger partial charge in [-0.05, 0) is 38.1 Å². The summed E-state index contributed by atoms with van der Waals surface area (Å²) in [6, 6.07) is 12.0. The Hall–Kier alpha value is -3.63. The van der Waals surface area contributed by atoms with Crippen LogP contribution in [0.5, 0.6) is 0 Å². The Morgan fingerprint density at radius 3 is 1.91 bits per heavy atom. The second kappa shape index (κ2) is 8.38. The predicted molar refractivity (Wildman–Crippen MR) is 108 cm³/mol. The van der Waals surface area contributed by atoms with Crippen molar-refractivity contribution in [3.05, 3.63) is 82.1 Å². The van der Waals surface area contributed by atoms with Gasteiger partial charge in [0.2, 0.25) is 0 Å². The SMILES string of the molecule is CC(C)(C(=O)Nc1cc(C(F)(F)F)cc(C(F)(F)F)c1)n1nc(-c2ccccc2)ccc1=O. The van der Waals surface area contributed by atoms with Crippen LogP contribution in [0.15, 0.2) is 65.5 Å². The van der Waals surface area contributed by atoms with Crippen LogP contribution in [0.1, 0.15) is 25.0 Å². The number of carbonyl (C=O) groups is 1. The van der Waals surface area contributed by atoms with E-state index in [0.29, 0.717) is 23.4 Å². The van der Waals surface area contributed by atoms with Gasteiger partial charge in [-0.1, -0.05) is 30.3 Å². The molecule has 33 heavy (non-hydrogen) atoms. The molecule has 0 bridgehead atoms. The number of rotatable bonds is 4. The highest BCUT2D eigenvalue weighted by atomic mass is 19.4. The molecule has 0 saturated heterocycles. The number of carbonyl (C=O) groups excluding carboxylic acids is 1. The number of amides is 1. The quantitative estimate of drug-likeness (QED) is 0.526.